The maximum Gasteiger partial charge on any atom is 0.257 e. The minimum atomic E-state index is -0.396. The van der Waals surface area contributed by atoms with Crippen molar-refractivity contribution in [1.29, 1.82) is 0 Å². The van der Waals surface area contributed by atoms with Gasteiger partial charge in [-0.25, -0.2) is 0 Å². The van der Waals surface area contributed by atoms with Gasteiger partial charge in [0.15, 0.2) is 0 Å². The van der Waals surface area contributed by atoms with Crippen LogP contribution in [0.5, 0.6) is 5.75 Å². The Morgan fingerprint density at radius 1 is 1.26 bits per heavy atom. The first-order valence-electron chi connectivity index (χ1n) is 8.73. The Labute approximate surface area is 166 Å². The molecule has 1 N–H and O–H groups in total. The van der Waals surface area contributed by atoms with E-state index in [0.717, 1.165) is 15.6 Å². The predicted octanol–water partition coefficient (Wildman–Crippen LogP) is 4.19. The van der Waals surface area contributed by atoms with Crippen LogP contribution in [-0.4, -0.2) is 17.1 Å². The number of fused-ring (bicyclic) bond motifs is 1. The fourth-order valence-electron chi connectivity index (χ4n) is 3.02. The molecule has 1 aromatic heterocycles. The lowest BCUT2D eigenvalue weighted by Crippen LogP contribution is -2.31. The molecule has 0 spiro atoms. The molecule has 0 bridgehead atoms. The zero-order valence-corrected chi connectivity index (χ0v) is 17.0. The van der Waals surface area contributed by atoms with Crippen molar-refractivity contribution in [2.24, 2.45) is 7.05 Å². The first-order chi connectivity index (χ1) is 12.9. The normalized spacial score (nSPS) is 12.0. The average molecular weight is 429 g/mol. The van der Waals surface area contributed by atoms with Crippen molar-refractivity contribution in [3.63, 3.8) is 0 Å². The van der Waals surface area contributed by atoms with E-state index in [1.807, 2.05) is 57.3 Å². The highest BCUT2D eigenvalue weighted by Crippen LogP contribution is 2.20. The van der Waals surface area contributed by atoms with Crippen LogP contribution in [0.15, 0.2) is 57.9 Å². The molecule has 6 heteroatoms. The van der Waals surface area contributed by atoms with Gasteiger partial charge in [-0.15, -0.1) is 0 Å². The average Bonchev–Trinajstić information content (AvgIpc) is 2.64. The zero-order chi connectivity index (χ0) is 19.6. The molecule has 0 saturated carbocycles. The fraction of sp³-hybridized carbons (Fsp3) is 0.238. The molecule has 0 fully saturated rings. The standard InChI is InChI=1S/C21H21BrN2O3/c1-4-27-16-8-9-19-17(11-16)20(25)18(12-24(19)3)21(26)23-13(2)14-6-5-7-15(22)10-14/h5-13H,4H2,1-3H3,(H,23,26). The number of pyridine rings is 1. The van der Waals surface area contributed by atoms with Crippen molar-refractivity contribution in [2.45, 2.75) is 19.9 Å². The summed E-state index contributed by atoms with van der Waals surface area (Å²) in [7, 11) is 1.82. The lowest BCUT2D eigenvalue weighted by molar-refractivity contribution is 0.0938. The number of carbonyl (C=O) groups is 1. The minimum Gasteiger partial charge on any atom is -0.494 e. The van der Waals surface area contributed by atoms with Crippen LogP contribution in [-0.2, 0) is 7.05 Å². The molecule has 140 valence electrons. The van der Waals surface area contributed by atoms with Crippen molar-refractivity contribution in [3.05, 3.63) is 74.5 Å². The van der Waals surface area contributed by atoms with Gasteiger partial charge in [-0.2, -0.15) is 0 Å². The summed E-state index contributed by atoms with van der Waals surface area (Å²) >= 11 is 3.43. The summed E-state index contributed by atoms with van der Waals surface area (Å²) in [4.78, 5) is 25.7. The van der Waals surface area contributed by atoms with Gasteiger partial charge in [0.25, 0.3) is 5.91 Å². The molecule has 1 unspecified atom stereocenters. The third-order valence-corrected chi connectivity index (χ3v) is 4.91. The van der Waals surface area contributed by atoms with Crippen LogP contribution >= 0.6 is 15.9 Å². The summed E-state index contributed by atoms with van der Waals surface area (Å²) in [6, 6.07) is 12.8. The Kier molecular flexibility index (Phi) is 5.65. The van der Waals surface area contributed by atoms with E-state index in [2.05, 4.69) is 21.2 Å². The van der Waals surface area contributed by atoms with E-state index in [4.69, 9.17) is 4.74 Å². The Morgan fingerprint density at radius 3 is 2.74 bits per heavy atom. The number of benzene rings is 2. The number of ether oxygens (including phenoxy) is 1. The highest BCUT2D eigenvalue weighted by Gasteiger charge is 2.17. The molecule has 3 rings (SSSR count). The van der Waals surface area contributed by atoms with Gasteiger partial charge in [-0.1, -0.05) is 28.1 Å². The van der Waals surface area contributed by atoms with Gasteiger partial charge in [0.2, 0.25) is 5.43 Å². The second-order valence-electron chi connectivity index (χ2n) is 6.34. The van der Waals surface area contributed by atoms with Crippen LogP contribution in [0, 0.1) is 0 Å². The molecule has 1 amide bonds. The zero-order valence-electron chi connectivity index (χ0n) is 15.5. The molecule has 2 aromatic carbocycles. The minimum absolute atomic E-state index is 0.112. The number of nitrogens with zero attached hydrogens (tertiary/aromatic N) is 1. The Morgan fingerprint density at radius 2 is 2.04 bits per heavy atom. The van der Waals surface area contributed by atoms with Crippen molar-refractivity contribution in [3.8, 4) is 5.75 Å². The van der Waals surface area contributed by atoms with Crippen LogP contribution in [0.25, 0.3) is 10.9 Å². The van der Waals surface area contributed by atoms with Crippen LogP contribution in [0.2, 0.25) is 0 Å². The fourth-order valence-corrected chi connectivity index (χ4v) is 3.44. The van der Waals surface area contributed by atoms with Crippen LogP contribution < -0.4 is 15.5 Å². The van der Waals surface area contributed by atoms with Crippen LogP contribution in [0.4, 0.5) is 0 Å². The van der Waals surface area contributed by atoms with Gasteiger partial charge in [0.05, 0.1) is 23.6 Å². The van der Waals surface area contributed by atoms with Gasteiger partial charge in [-0.05, 0) is 49.7 Å². The number of hydrogen-bond donors (Lipinski definition) is 1. The van der Waals surface area contributed by atoms with Gasteiger partial charge in [-0.3, -0.25) is 9.59 Å². The van der Waals surface area contributed by atoms with E-state index < -0.39 is 5.91 Å². The van der Waals surface area contributed by atoms with E-state index in [0.29, 0.717) is 17.7 Å². The van der Waals surface area contributed by atoms with Crippen LogP contribution in [0.1, 0.15) is 35.8 Å². The molecule has 1 atom stereocenters. The van der Waals surface area contributed by atoms with Gasteiger partial charge >= 0.3 is 0 Å². The monoisotopic (exact) mass is 428 g/mol. The highest BCUT2D eigenvalue weighted by molar-refractivity contribution is 9.10. The molecular formula is C21H21BrN2O3. The number of hydrogen-bond acceptors (Lipinski definition) is 3. The predicted molar refractivity (Wildman–Crippen MR) is 110 cm³/mol. The molecule has 5 nitrogen and oxygen atoms in total. The topological polar surface area (TPSA) is 60.3 Å². The van der Waals surface area contributed by atoms with Crippen molar-refractivity contribution in [2.75, 3.05) is 6.61 Å². The van der Waals surface area contributed by atoms with E-state index in [-0.39, 0.29) is 17.0 Å². The quantitative estimate of drug-likeness (QED) is 0.662. The summed E-state index contributed by atoms with van der Waals surface area (Å²) < 4.78 is 8.21. The van der Waals surface area contributed by atoms with Gasteiger partial charge in [0, 0.05) is 17.7 Å². The van der Waals surface area contributed by atoms with Crippen LogP contribution in [0.3, 0.4) is 0 Å². The second kappa shape index (κ2) is 7.96. The first kappa shape index (κ1) is 19.2. The summed E-state index contributed by atoms with van der Waals surface area (Å²) in [6.45, 7) is 4.28. The van der Waals surface area contributed by atoms with E-state index in [9.17, 15) is 9.59 Å². The number of rotatable bonds is 5. The molecule has 0 aliphatic rings. The van der Waals surface area contributed by atoms with Gasteiger partial charge < -0.3 is 14.6 Å². The first-order valence-corrected chi connectivity index (χ1v) is 9.52. The molecular weight excluding hydrogens is 408 g/mol. The number of amides is 1. The van der Waals surface area contributed by atoms with E-state index >= 15 is 0 Å². The molecule has 3 aromatic rings. The molecule has 0 radical (unpaired) electrons. The van der Waals surface area contributed by atoms with Crippen molar-refractivity contribution < 1.29 is 9.53 Å². The van der Waals surface area contributed by atoms with E-state index in [1.54, 1.807) is 16.8 Å². The molecule has 27 heavy (non-hydrogen) atoms. The lowest BCUT2D eigenvalue weighted by atomic mass is 10.1. The number of carbonyl (C=O) groups excluding carboxylic acids is 1. The second-order valence-corrected chi connectivity index (χ2v) is 7.26. The molecule has 0 aliphatic heterocycles. The smallest absolute Gasteiger partial charge is 0.257 e. The van der Waals surface area contributed by atoms with E-state index in [1.165, 1.54) is 0 Å². The Balaban J connectivity index is 1.96. The number of halogens is 1. The summed E-state index contributed by atoms with van der Waals surface area (Å²) in [6.07, 6.45) is 1.58. The summed E-state index contributed by atoms with van der Waals surface area (Å²) in [5.41, 5.74) is 1.51. The third kappa shape index (κ3) is 4.06. The Bertz CT molecular complexity index is 1060. The van der Waals surface area contributed by atoms with Crippen molar-refractivity contribution in [1.82, 2.24) is 9.88 Å². The lowest BCUT2D eigenvalue weighted by Gasteiger charge is -2.16. The van der Waals surface area contributed by atoms with Crippen molar-refractivity contribution >= 4 is 32.7 Å². The number of nitrogens with one attached hydrogen (secondary N) is 1. The number of aromatic nitrogens is 1. The molecule has 0 saturated heterocycles. The SMILES string of the molecule is CCOc1ccc2c(c1)c(=O)c(C(=O)NC(C)c1cccc(Br)c1)cn2C. The Hall–Kier alpha value is -2.60. The van der Waals surface area contributed by atoms with Gasteiger partial charge in [0.1, 0.15) is 11.3 Å². The maximum absolute atomic E-state index is 12.9. The summed E-state index contributed by atoms with van der Waals surface area (Å²) in [5, 5.41) is 3.37. The molecule has 0 aliphatic carbocycles. The highest BCUT2D eigenvalue weighted by atomic mass is 79.9. The molecule has 1 heterocycles. The largest absolute Gasteiger partial charge is 0.494 e. The number of aryl methyl sites for hydroxylation is 1. The maximum atomic E-state index is 12.9. The summed E-state index contributed by atoms with van der Waals surface area (Å²) in [5.74, 6) is 0.217. The third-order valence-electron chi connectivity index (χ3n) is 4.41.